The van der Waals surface area contributed by atoms with Gasteiger partial charge in [-0.25, -0.2) is 4.57 Å². The first-order valence-corrected chi connectivity index (χ1v) is 8.53. The van der Waals surface area contributed by atoms with Crippen molar-refractivity contribution in [3.05, 3.63) is 77.0 Å². The van der Waals surface area contributed by atoms with Crippen molar-refractivity contribution in [1.29, 1.82) is 0 Å². The Kier molecular flexibility index (Phi) is 2.94. The van der Waals surface area contributed by atoms with Crippen LogP contribution in [0.15, 0.2) is 54.7 Å². The van der Waals surface area contributed by atoms with Crippen LogP contribution in [0.2, 0.25) is 0 Å². The fourth-order valence-electron chi connectivity index (χ4n) is 4.03. The molecule has 3 aromatic rings. The van der Waals surface area contributed by atoms with E-state index >= 15 is 0 Å². The molecular weight excluding hydrogens is 290 g/mol. The summed E-state index contributed by atoms with van der Waals surface area (Å²) in [5, 5.41) is 0. The van der Waals surface area contributed by atoms with Gasteiger partial charge < -0.3 is 0 Å². The van der Waals surface area contributed by atoms with E-state index in [1.807, 2.05) is 0 Å². The summed E-state index contributed by atoms with van der Waals surface area (Å²) >= 11 is 0. The fourth-order valence-corrected chi connectivity index (χ4v) is 4.03. The Morgan fingerprint density at radius 3 is 2.42 bits per heavy atom. The van der Waals surface area contributed by atoms with Crippen molar-refractivity contribution in [3.63, 3.8) is 0 Å². The Hall–Kier alpha value is -2.41. The summed E-state index contributed by atoms with van der Waals surface area (Å²) < 4.78 is 11.2. The van der Waals surface area contributed by atoms with Crippen molar-refractivity contribution in [2.75, 3.05) is 0 Å². The lowest BCUT2D eigenvalue weighted by Gasteiger charge is -2.22. The molecule has 1 heteroatoms. The highest BCUT2D eigenvalue weighted by atomic mass is 14.9. The van der Waals surface area contributed by atoms with Crippen molar-refractivity contribution in [2.45, 2.75) is 33.1 Å². The van der Waals surface area contributed by atoms with Gasteiger partial charge in [0.05, 0.1) is 1.37 Å². The molecule has 0 saturated heterocycles. The van der Waals surface area contributed by atoms with E-state index in [1.165, 1.54) is 22.3 Å². The molecule has 0 atom stereocenters. The van der Waals surface area contributed by atoms with Gasteiger partial charge >= 0.3 is 0 Å². The first-order chi connectivity index (χ1) is 11.8. The van der Waals surface area contributed by atoms with Gasteiger partial charge in [0.2, 0.25) is 5.69 Å². The van der Waals surface area contributed by atoms with Crippen molar-refractivity contribution in [2.24, 2.45) is 7.05 Å². The molecule has 1 heterocycles. The standard InChI is InChI=1S/C23H24N/c1-15-10-11-22(24(5)14-15)18-13-21-19(12-16(18)2)17-8-6-7-9-20(17)23(21,3)4/h6-14H,1-5H3/q+1/i13D. The number of nitrogens with zero attached hydrogens (tertiary/aromatic N) is 1. The van der Waals surface area contributed by atoms with Crippen molar-refractivity contribution < 1.29 is 5.94 Å². The van der Waals surface area contributed by atoms with Gasteiger partial charge in [-0.1, -0.05) is 44.2 Å². The van der Waals surface area contributed by atoms with Crippen LogP contribution < -0.4 is 4.57 Å². The minimum atomic E-state index is -0.144. The molecule has 0 amide bonds. The average molecular weight is 315 g/mol. The Morgan fingerprint density at radius 1 is 0.917 bits per heavy atom. The number of rotatable bonds is 1. The first kappa shape index (κ1) is 14.0. The molecule has 24 heavy (non-hydrogen) atoms. The number of aromatic nitrogens is 1. The quantitative estimate of drug-likeness (QED) is 0.550. The fraction of sp³-hybridized carbons (Fsp3) is 0.261. The maximum Gasteiger partial charge on any atom is 0.212 e. The highest BCUT2D eigenvalue weighted by Crippen LogP contribution is 2.49. The highest BCUT2D eigenvalue weighted by Gasteiger charge is 2.36. The Bertz CT molecular complexity index is 1010. The number of hydrogen-bond donors (Lipinski definition) is 0. The third kappa shape index (κ3) is 2.04. The molecule has 4 rings (SSSR count). The van der Waals surface area contributed by atoms with E-state index in [0.29, 0.717) is 6.04 Å². The molecule has 1 aliphatic rings. The van der Waals surface area contributed by atoms with Crippen molar-refractivity contribution >= 4 is 0 Å². The van der Waals surface area contributed by atoms with Gasteiger partial charge in [0.25, 0.3) is 0 Å². The molecular formula is C23H24N+. The van der Waals surface area contributed by atoms with Crippen LogP contribution in [0.5, 0.6) is 0 Å². The SMILES string of the molecule is [2H]c1c(-c2ccc(C)c[n+]2C)c(C)cc2c1C(C)(C)c1ccccc1-2. The molecule has 1 nitrogen and oxygen atoms in total. The van der Waals surface area contributed by atoms with E-state index in [2.05, 4.69) is 88.0 Å². The van der Waals surface area contributed by atoms with E-state index in [0.717, 1.165) is 22.4 Å². The topological polar surface area (TPSA) is 3.88 Å². The zero-order chi connectivity index (χ0) is 17.9. The van der Waals surface area contributed by atoms with Crippen LogP contribution in [0.3, 0.4) is 0 Å². The molecule has 1 aliphatic carbocycles. The zero-order valence-electron chi connectivity index (χ0n) is 16.1. The van der Waals surface area contributed by atoms with Crippen LogP contribution in [0.1, 0.15) is 37.5 Å². The molecule has 0 radical (unpaired) electrons. The smallest absolute Gasteiger partial charge is 0.201 e. The first-order valence-electron chi connectivity index (χ1n) is 9.03. The van der Waals surface area contributed by atoms with Gasteiger partial charge in [-0.2, -0.15) is 0 Å². The maximum atomic E-state index is 9.07. The van der Waals surface area contributed by atoms with Crippen LogP contribution in [0.4, 0.5) is 0 Å². The minimum absolute atomic E-state index is 0.144. The molecule has 0 fully saturated rings. The van der Waals surface area contributed by atoms with Crippen LogP contribution in [0.25, 0.3) is 22.4 Å². The normalized spacial score (nSPS) is 15.0. The Balaban J connectivity index is 2.06. The van der Waals surface area contributed by atoms with E-state index < -0.39 is 0 Å². The summed E-state index contributed by atoms with van der Waals surface area (Å²) in [6.07, 6.45) is 2.13. The lowest BCUT2D eigenvalue weighted by atomic mass is 9.81. The second-order valence-corrected chi connectivity index (χ2v) is 7.49. The van der Waals surface area contributed by atoms with E-state index in [1.54, 1.807) is 0 Å². The number of benzene rings is 2. The van der Waals surface area contributed by atoms with Crippen LogP contribution in [-0.2, 0) is 12.5 Å². The van der Waals surface area contributed by atoms with Gasteiger partial charge in [-0.15, -0.1) is 0 Å². The lowest BCUT2D eigenvalue weighted by Crippen LogP contribution is -2.31. The van der Waals surface area contributed by atoms with Gasteiger partial charge in [0.1, 0.15) is 7.05 Å². The number of fused-ring (bicyclic) bond motifs is 3. The van der Waals surface area contributed by atoms with Gasteiger partial charge in [-0.05, 0) is 53.8 Å². The molecule has 0 bridgehead atoms. The largest absolute Gasteiger partial charge is 0.212 e. The molecule has 0 saturated carbocycles. The summed E-state index contributed by atoms with van der Waals surface area (Å²) in [5.74, 6) is 0. The monoisotopic (exact) mass is 315 g/mol. The van der Waals surface area contributed by atoms with Crippen LogP contribution >= 0.6 is 0 Å². The third-order valence-electron chi connectivity index (χ3n) is 5.33. The van der Waals surface area contributed by atoms with Gasteiger partial charge in [0, 0.05) is 22.6 Å². The molecule has 120 valence electrons. The summed E-state index contributed by atoms with van der Waals surface area (Å²) in [5.41, 5.74) is 9.36. The average Bonchev–Trinajstić information content (AvgIpc) is 2.77. The second-order valence-electron chi connectivity index (χ2n) is 7.49. The lowest BCUT2D eigenvalue weighted by molar-refractivity contribution is -0.660. The van der Waals surface area contributed by atoms with Gasteiger partial charge in [0.15, 0.2) is 6.20 Å². The molecule has 0 unspecified atom stereocenters. The zero-order valence-corrected chi connectivity index (χ0v) is 15.1. The maximum absolute atomic E-state index is 9.07. The molecule has 0 aliphatic heterocycles. The summed E-state index contributed by atoms with van der Waals surface area (Å²) in [6, 6.07) is 15.8. The number of pyridine rings is 1. The Labute approximate surface area is 146 Å². The molecule has 1 aromatic heterocycles. The van der Waals surface area contributed by atoms with Crippen LogP contribution in [0, 0.1) is 13.8 Å². The highest BCUT2D eigenvalue weighted by molar-refractivity contribution is 5.84. The van der Waals surface area contributed by atoms with E-state index in [9.17, 15) is 0 Å². The third-order valence-corrected chi connectivity index (χ3v) is 5.33. The molecule has 0 N–H and O–H groups in total. The van der Waals surface area contributed by atoms with Crippen molar-refractivity contribution in [3.8, 4) is 22.4 Å². The van der Waals surface area contributed by atoms with Gasteiger partial charge in [-0.3, -0.25) is 0 Å². The Morgan fingerprint density at radius 2 is 1.67 bits per heavy atom. The van der Waals surface area contributed by atoms with E-state index in [4.69, 9.17) is 1.37 Å². The minimum Gasteiger partial charge on any atom is -0.201 e. The van der Waals surface area contributed by atoms with Crippen molar-refractivity contribution in [1.82, 2.24) is 0 Å². The van der Waals surface area contributed by atoms with E-state index in [-0.39, 0.29) is 5.41 Å². The van der Waals surface area contributed by atoms with Crippen LogP contribution in [-0.4, -0.2) is 0 Å². The summed E-state index contributed by atoms with van der Waals surface area (Å²) in [7, 11) is 2.06. The predicted molar refractivity (Wildman–Crippen MR) is 100 cm³/mol. The second kappa shape index (κ2) is 5.04. The molecule has 2 aromatic carbocycles. The summed E-state index contributed by atoms with van der Waals surface area (Å²) in [6.45, 7) is 8.70. The molecule has 0 spiro atoms. The predicted octanol–water partition coefficient (Wildman–Crippen LogP) is 5.10. The number of aryl methyl sites for hydroxylation is 3. The summed E-state index contributed by atoms with van der Waals surface area (Å²) in [4.78, 5) is 0. The number of hydrogen-bond acceptors (Lipinski definition) is 0.